The number of phosphoric ester groups is 1. The van der Waals surface area contributed by atoms with Gasteiger partial charge >= 0.3 is 0 Å². The van der Waals surface area contributed by atoms with Crippen molar-refractivity contribution in [3.63, 3.8) is 0 Å². The van der Waals surface area contributed by atoms with Crippen LogP contribution in [0.1, 0.15) is 123 Å². The predicted molar refractivity (Wildman–Crippen MR) is 223 cm³/mol. The minimum Gasteiger partial charge on any atom is -0.756 e. The summed E-state index contributed by atoms with van der Waals surface area (Å²) in [5.41, 5.74) is 0. The smallest absolute Gasteiger partial charge is 0.268 e. The number of phosphoric acid groups is 1. The summed E-state index contributed by atoms with van der Waals surface area (Å²) in [6.45, 7) is 4.39. The molecule has 0 aromatic carbocycles. The van der Waals surface area contributed by atoms with Gasteiger partial charge in [-0.1, -0.05) is 143 Å². The van der Waals surface area contributed by atoms with Crippen molar-refractivity contribution in [2.24, 2.45) is 0 Å². The largest absolute Gasteiger partial charge is 0.756 e. The molecule has 1 amide bonds. The third-order valence-corrected chi connectivity index (χ3v) is 9.01. The van der Waals surface area contributed by atoms with Crippen LogP contribution in [0.15, 0.2) is 97.2 Å². The van der Waals surface area contributed by atoms with Gasteiger partial charge in [-0.15, -0.1) is 0 Å². The van der Waals surface area contributed by atoms with Gasteiger partial charge in [-0.3, -0.25) is 9.36 Å². The molecule has 53 heavy (non-hydrogen) atoms. The van der Waals surface area contributed by atoms with Crippen LogP contribution in [0.25, 0.3) is 0 Å². The van der Waals surface area contributed by atoms with Gasteiger partial charge in [0.05, 0.1) is 39.9 Å². The topological polar surface area (TPSA) is 108 Å². The van der Waals surface area contributed by atoms with E-state index < -0.39 is 26.6 Å². The highest BCUT2D eigenvalue weighted by molar-refractivity contribution is 7.45. The van der Waals surface area contributed by atoms with Gasteiger partial charge in [0.1, 0.15) is 13.2 Å². The molecule has 2 N–H and O–H groups in total. The number of nitrogens with one attached hydrogen (secondary N) is 1. The summed E-state index contributed by atoms with van der Waals surface area (Å²) in [5, 5.41) is 13.6. The summed E-state index contributed by atoms with van der Waals surface area (Å²) in [5.74, 6) is -0.265. The van der Waals surface area contributed by atoms with Crippen molar-refractivity contribution in [1.82, 2.24) is 5.32 Å². The summed E-state index contributed by atoms with van der Waals surface area (Å²) in [4.78, 5) is 25.1. The fraction of sp³-hybridized carbons (Fsp3) is 0.614. The molecule has 0 aliphatic rings. The molecular weight excluding hydrogens is 683 g/mol. The van der Waals surface area contributed by atoms with E-state index in [2.05, 4.69) is 104 Å². The van der Waals surface area contributed by atoms with Crippen molar-refractivity contribution in [2.75, 3.05) is 40.9 Å². The average molecular weight is 759 g/mol. The highest BCUT2D eigenvalue weighted by atomic mass is 31.2. The van der Waals surface area contributed by atoms with Crippen LogP contribution >= 0.6 is 7.82 Å². The Morgan fingerprint density at radius 1 is 0.679 bits per heavy atom. The summed E-state index contributed by atoms with van der Waals surface area (Å²) in [6, 6.07) is -0.920. The van der Waals surface area contributed by atoms with Gasteiger partial charge in [-0.2, -0.15) is 0 Å². The number of aliphatic hydroxyl groups excluding tert-OH is 1. The molecule has 3 unspecified atom stereocenters. The molecule has 3 atom stereocenters. The molecule has 0 spiro atoms. The van der Waals surface area contributed by atoms with Crippen LogP contribution in [-0.4, -0.2) is 68.5 Å². The zero-order chi connectivity index (χ0) is 39.3. The van der Waals surface area contributed by atoms with Crippen molar-refractivity contribution >= 4 is 13.7 Å². The number of hydrogen-bond acceptors (Lipinski definition) is 6. The molecular formula is C44H75N2O6P. The quantitative estimate of drug-likeness (QED) is 0.0293. The number of likely N-dealkylation sites (N-methyl/N-ethyl adjacent to an activating group) is 1. The molecule has 0 heterocycles. The van der Waals surface area contributed by atoms with Gasteiger partial charge in [0.15, 0.2) is 0 Å². The van der Waals surface area contributed by atoms with Crippen molar-refractivity contribution in [2.45, 2.75) is 135 Å². The Bertz CT molecular complexity index is 1180. The average Bonchev–Trinajstić information content (AvgIpc) is 3.10. The fourth-order valence-electron chi connectivity index (χ4n) is 4.84. The van der Waals surface area contributed by atoms with Crippen molar-refractivity contribution in [3.05, 3.63) is 97.2 Å². The lowest BCUT2D eigenvalue weighted by Crippen LogP contribution is -2.45. The van der Waals surface area contributed by atoms with E-state index in [1.54, 1.807) is 6.08 Å². The molecule has 0 aliphatic heterocycles. The third-order valence-electron chi connectivity index (χ3n) is 8.05. The molecule has 9 heteroatoms. The summed E-state index contributed by atoms with van der Waals surface area (Å²) < 4.78 is 23.0. The minimum atomic E-state index is -4.60. The van der Waals surface area contributed by atoms with E-state index >= 15 is 0 Å². The molecule has 0 rings (SSSR count). The van der Waals surface area contributed by atoms with Crippen molar-refractivity contribution in [3.8, 4) is 0 Å². The second kappa shape index (κ2) is 35.1. The first-order valence-corrected chi connectivity index (χ1v) is 21.6. The molecule has 302 valence electrons. The zero-order valence-electron chi connectivity index (χ0n) is 33.9. The van der Waals surface area contributed by atoms with Gasteiger partial charge in [0.25, 0.3) is 7.82 Å². The molecule has 0 bridgehead atoms. The first-order chi connectivity index (χ1) is 25.5. The second-order valence-corrected chi connectivity index (χ2v) is 15.7. The Morgan fingerprint density at radius 3 is 1.66 bits per heavy atom. The normalized spacial score (nSPS) is 15.5. The summed E-state index contributed by atoms with van der Waals surface area (Å²) >= 11 is 0. The molecule has 0 saturated carbocycles. The molecule has 0 aromatic rings. The lowest BCUT2D eigenvalue weighted by Gasteiger charge is -2.29. The van der Waals surface area contributed by atoms with E-state index in [1.807, 2.05) is 27.2 Å². The number of carbonyl (C=O) groups is 1. The van der Waals surface area contributed by atoms with Crippen LogP contribution in [0.4, 0.5) is 0 Å². The number of unbranched alkanes of at least 4 members (excludes halogenated alkanes) is 7. The number of carbonyl (C=O) groups excluding carboxylic acids is 1. The van der Waals surface area contributed by atoms with Crippen LogP contribution in [0.5, 0.6) is 0 Å². The fourth-order valence-corrected chi connectivity index (χ4v) is 5.57. The Kier molecular flexibility index (Phi) is 33.4. The predicted octanol–water partition coefficient (Wildman–Crippen LogP) is 10.2. The van der Waals surface area contributed by atoms with Gasteiger partial charge < -0.3 is 28.8 Å². The van der Waals surface area contributed by atoms with Crippen LogP contribution < -0.4 is 10.2 Å². The molecule has 0 fully saturated rings. The number of hydrogen-bond donors (Lipinski definition) is 2. The molecule has 8 nitrogen and oxygen atoms in total. The summed E-state index contributed by atoms with van der Waals surface area (Å²) in [6.07, 6.45) is 49.0. The minimum absolute atomic E-state index is 0.0182. The van der Waals surface area contributed by atoms with Gasteiger partial charge in [0, 0.05) is 6.42 Å². The maximum absolute atomic E-state index is 12.7. The number of amides is 1. The molecule has 0 aromatic heterocycles. The van der Waals surface area contributed by atoms with Gasteiger partial charge in [0.2, 0.25) is 5.91 Å². The number of nitrogens with zero attached hydrogens (tertiary/aromatic N) is 1. The monoisotopic (exact) mass is 759 g/mol. The standard InChI is InChI=1S/C44H75N2O6P/c1-6-8-10-12-14-16-17-18-19-20-21-22-23-24-25-26-27-28-29-30-32-34-36-38-44(48)45-42(41-52-53(49,50)51-40-39-46(3,4)5)43(47)37-35-33-31-15-13-11-9-7-2/h8,10,14,16,18-19,21-22,24-25,27-28,30,32,35,37,42-43,47H,6-7,9,11-13,15,17,20,23,26,29,31,33-34,36,38-41H2,1-5H3,(H-,45,48,49,50)/b10-8-,16-14-,19-18-,22-21-,25-24-,28-27-,32-30-,37-35+. The van der Waals surface area contributed by atoms with E-state index in [9.17, 15) is 19.4 Å². The van der Waals surface area contributed by atoms with Crippen LogP contribution in [0, 0.1) is 0 Å². The second-order valence-electron chi connectivity index (χ2n) is 14.3. The van der Waals surface area contributed by atoms with E-state index in [-0.39, 0.29) is 18.9 Å². The molecule has 0 radical (unpaired) electrons. The Labute approximate surface area is 324 Å². The number of quaternary nitrogens is 1. The molecule has 0 aliphatic carbocycles. The molecule has 0 saturated heterocycles. The Morgan fingerprint density at radius 2 is 1.15 bits per heavy atom. The van der Waals surface area contributed by atoms with E-state index in [4.69, 9.17) is 9.05 Å². The summed E-state index contributed by atoms with van der Waals surface area (Å²) in [7, 11) is 1.20. The van der Waals surface area contributed by atoms with E-state index in [0.29, 0.717) is 17.4 Å². The highest BCUT2D eigenvalue weighted by Crippen LogP contribution is 2.38. The van der Waals surface area contributed by atoms with Crippen LogP contribution in [0.3, 0.4) is 0 Å². The Balaban J connectivity index is 4.49. The lowest BCUT2D eigenvalue weighted by molar-refractivity contribution is -0.870. The highest BCUT2D eigenvalue weighted by Gasteiger charge is 2.23. The van der Waals surface area contributed by atoms with E-state index in [1.165, 1.54) is 25.7 Å². The first kappa shape index (κ1) is 50.4. The van der Waals surface area contributed by atoms with Gasteiger partial charge in [-0.05, 0) is 70.6 Å². The van der Waals surface area contributed by atoms with E-state index in [0.717, 1.165) is 70.6 Å². The first-order valence-electron chi connectivity index (χ1n) is 20.1. The maximum atomic E-state index is 12.7. The van der Waals surface area contributed by atoms with Crippen LogP contribution in [0.2, 0.25) is 0 Å². The third kappa shape index (κ3) is 37.5. The lowest BCUT2D eigenvalue weighted by atomic mass is 10.1. The zero-order valence-corrected chi connectivity index (χ0v) is 34.8. The SMILES string of the molecule is CC/C=C\C/C=C\C/C=C\C/C=C\C/C=C\C/C=C\C/C=C\CCCC(=O)NC(COP(=O)([O-])OCC[N+](C)(C)C)C(O)/C=C/CCCCCCCC. The van der Waals surface area contributed by atoms with Crippen molar-refractivity contribution in [1.29, 1.82) is 0 Å². The van der Waals surface area contributed by atoms with Crippen LogP contribution in [-0.2, 0) is 18.4 Å². The number of rotatable bonds is 34. The van der Waals surface area contributed by atoms with Gasteiger partial charge in [-0.25, -0.2) is 0 Å². The number of allylic oxidation sites excluding steroid dienone is 15. The Hall–Kier alpha value is -2.58. The maximum Gasteiger partial charge on any atom is 0.268 e. The van der Waals surface area contributed by atoms with Crippen molar-refractivity contribution < 1.29 is 32.9 Å². The number of aliphatic hydroxyl groups is 1.